The van der Waals surface area contributed by atoms with E-state index in [2.05, 4.69) is 33.6 Å². The number of halogens is 1. The maximum Gasteiger partial charge on any atom is 0.326 e. The van der Waals surface area contributed by atoms with E-state index in [0.717, 1.165) is 54.7 Å². The van der Waals surface area contributed by atoms with Gasteiger partial charge in [0.05, 0.1) is 11.3 Å². The van der Waals surface area contributed by atoms with Crippen molar-refractivity contribution in [3.63, 3.8) is 0 Å². The van der Waals surface area contributed by atoms with E-state index in [1.807, 2.05) is 4.57 Å². The van der Waals surface area contributed by atoms with E-state index in [0.29, 0.717) is 48.9 Å². The number of nitrogens with zero attached hydrogens (tertiary/aromatic N) is 4. The highest BCUT2D eigenvalue weighted by molar-refractivity contribution is 6.06. The van der Waals surface area contributed by atoms with Crippen LogP contribution in [-0.4, -0.2) is 51.8 Å². The van der Waals surface area contributed by atoms with Crippen LogP contribution in [-0.2, 0) is 19.3 Å². The summed E-state index contributed by atoms with van der Waals surface area (Å²) in [6, 6.07) is 6.39. The minimum Gasteiger partial charge on any atom is -0.384 e. The maximum atomic E-state index is 13.7. The van der Waals surface area contributed by atoms with E-state index in [4.69, 9.17) is 0 Å². The maximum absolute atomic E-state index is 13.7. The number of fused-ring (bicyclic) bond motifs is 2. The Balaban J connectivity index is 1.25. The van der Waals surface area contributed by atoms with Crippen molar-refractivity contribution in [3.05, 3.63) is 75.0 Å². The summed E-state index contributed by atoms with van der Waals surface area (Å²) in [5, 5.41) is 9.28. The lowest BCUT2D eigenvalue weighted by Gasteiger charge is -2.35. The van der Waals surface area contributed by atoms with Gasteiger partial charge >= 0.3 is 5.69 Å². The Kier molecular flexibility index (Phi) is 6.73. The predicted molar refractivity (Wildman–Crippen MR) is 147 cm³/mol. The molecule has 2 aromatic heterocycles. The zero-order valence-electron chi connectivity index (χ0n) is 22.0. The normalized spacial score (nSPS) is 18.9. The first-order valence-corrected chi connectivity index (χ1v) is 13.7. The number of benzene rings is 1. The van der Waals surface area contributed by atoms with E-state index in [1.54, 1.807) is 23.2 Å². The SMILES string of the molecule is CC1CCc2c([nH]c(=O)n2C2CCN(c3cc(C(=O)N4CCc5cc(F)ccc54)ncc3C#CCO)CC2)C1. The minimum atomic E-state index is -0.310. The van der Waals surface area contributed by atoms with Gasteiger partial charge in [-0.05, 0) is 74.3 Å². The standard InChI is InChI=1S/C30H32FN5O3/c1-19-4-6-27-24(15-19)33-30(39)36(27)23-9-11-34(12-10-23)28-17-25(32-18-21(28)3-2-14-37)29(38)35-13-8-20-16-22(31)5-7-26(20)35/h5,7,16-19,23,37H,4,6,8-15H2,1H3,(H,33,39). The summed E-state index contributed by atoms with van der Waals surface area (Å²) in [5.74, 6) is 5.72. The van der Waals surface area contributed by atoms with Gasteiger partial charge in [-0.2, -0.15) is 0 Å². The summed E-state index contributed by atoms with van der Waals surface area (Å²) in [7, 11) is 0. The van der Waals surface area contributed by atoms with Crippen molar-refractivity contribution in [2.75, 3.05) is 36.0 Å². The molecule has 1 amide bonds. The lowest BCUT2D eigenvalue weighted by Crippen LogP contribution is -2.38. The number of hydrogen-bond acceptors (Lipinski definition) is 5. The highest BCUT2D eigenvalue weighted by atomic mass is 19.1. The molecule has 0 bridgehead atoms. The summed E-state index contributed by atoms with van der Waals surface area (Å²) in [5.41, 5.74) is 5.50. The molecule has 2 N–H and O–H groups in total. The Labute approximate surface area is 226 Å². The van der Waals surface area contributed by atoms with Crippen LogP contribution < -0.4 is 15.5 Å². The molecule has 8 nitrogen and oxygen atoms in total. The molecule has 6 rings (SSSR count). The predicted octanol–water partition coefficient (Wildman–Crippen LogP) is 3.22. The molecule has 2 aliphatic heterocycles. The first-order valence-electron chi connectivity index (χ1n) is 13.7. The number of carbonyl (C=O) groups is 1. The third-order valence-electron chi connectivity index (χ3n) is 8.30. The fourth-order valence-corrected chi connectivity index (χ4v) is 6.33. The van der Waals surface area contributed by atoms with E-state index >= 15 is 0 Å². The third-order valence-corrected chi connectivity index (χ3v) is 8.30. The summed E-state index contributed by atoms with van der Waals surface area (Å²) < 4.78 is 15.7. The molecule has 0 saturated carbocycles. The van der Waals surface area contributed by atoms with Gasteiger partial charge in [-0.25, -0.2) is 14.2 Å². The van der Waals surface area contributed by atoms with Crippen LogP contribution in [0.2, 0.25) is 0 Å². The average molecular weight is 530 g/mol. The molecule has 1 saturated heterocycles. The molecule has 0 radical (unpaired) electrons. The number of nitrogens with one attached hydrogen (secondary N) is 1. The molecule has 1 aromatic carbocycles. The molecule has 202 valence electrons. The smallest absolute Gasteiger partial charge is 0.326 e. The summed E-state index contributed by atoms with van der Waals surface area (Å²) >= 11 is 0. The molecule has 3 aromatic rings. The monoisotopic (exact) mass is 529 g/mol. The first-order chi connectivity index (χ1) is 18.9. The van der Waals surface area contributed by atoms with Crippen LogP contribution >= 0.6 is 0 Å². The van der Waals surface area contributed by atoms with Gasteiger partial charge in [0.2, 0.25) is 0 Å². The number of pyridine rings is 1. The number of amides is 1. The average Bonchev–Trinajstić information content (AvgIpc) is 3.50. The van der Waals surface area contributed by atoms with Crippen molar-refractivity contribution in [2.45, 2.75) is 51.5 Å². The van der Waals surface area contributed by atoms with Crippen LogP contribution in [0, 0.1) is 23.6 Å². The number of aliphatic hydroxyl groups excluding tert-OH is 1. The second-order valence-electron chi connectivity index (χ2n) is 10.8. The molecule has 4 heterocycles. The van der Waals surface area contributed by atoms with Gasteiger partial charge in [0.15, 0.2) is 0 Å². The van der Waals surface area contributed by atoms with Crippen molar-refractivity contribution in [3.8, 4) is 11.8 Å². The molecule has 0 spiro atoms. The highest BCUT2D eigenvalue weighted by Crippen LogP contribution is 2.33. The number of rotatable bonds is 3. The van der Waals surface area contributed by atoms with E-state index in [-0.39, 0.29) is 30.1 Å². The number of imidazole rings is 1. The molecule has 39 heavy (non-hydrogen) atoms. The number of H-pyrrole nitrogens is 1. The van der Waals surface area contributed by atoms with Gasteiger partial charge in [-0.3, -0.25) is 9.36 Å². The van der Waals surface area contributed by atoms with Crippen LogP contribution in [0.4, 0.5) is 15.8 Å². The second-order valence-corrected chi connectivity index (χ2v) is 10.8. The molecular formula is C30H32FN5O3. The minimum absolute atomic E-state index is 0.00961. The number of aromatic nitrogens is 3. The zero-order chi connectivity index (χ0) is 27.1. The lowest BCUT2D eigenvalue weighted by atomic mass is 9.91. The largest absolute Gasteiger partial charge is 0.384 e. The van der Waals surface area contributed by atoms with Crippen LogP contribution in [0.15, 0.2) is 35.3 Å². The van der Waals surface area contributed by atoms with Gasteiger partial charge in [0.1, 0.15) is 18.1 Å². The number of carbonyl (C=O) groups excluding carboxylic acids is 1. The van der Waals surface area contributed by atoms with E-state index < -0.39 is 0 Å². The number of aliphatic hydroxyl groups is 1. The Morgan fingerprint density at radius 3 is 2.77 bits per heavy atom. The fourth-order valence-electron chi connectivity index (χ4n) is 6.33. The molecule has 9 heteroatoms. The highest BCUT2D eigenvalue weighted by Gasteiger charge is 2.31. The molecule has 1 aliphatic carbocycles. The quantitative estimate of drug-likeness (QED) is 0.508. The zero-order valence-corrected chi connectivity index (χ0v) is 22.0. The van der Waals surface area contributed by atoms with E-state index in [1.165, 1.54) is 12.1 Å². The van der Waals surface area contributed by atoms with Gasteiger partial charge in [0.25, 0.3) is 5.91 Å². The van der Waals surface area contributed by atoms with Gasteiger partial charge in [-0.15, -0.1) is 0 Å². The number of hydrogen-bond donors (Lipinski definition) is 2. The molecule has 1 atom stereocenters. The Morgan fingerprint density at radius 2 is 1.97 bits per heavy atom. The number of aromatic amines is 1. The first kappa shape index (κ1) is 25.4. The van der Waals surface area contributed by atoms with Gasteiger partial charge in [0, 0.05) is 48.9 Å². The van der Waals surface area contributed by atoms with Crippen molar-refractivity contribution >= 4 is 17.3 Å². The van der Waals surface area contributed by atoms with Crippen LogP contribution in [0.1, 0.15) is 65.2 Å². The van der Waals surface area contributed by atoms with Crippen molar-refractivity contribution in [2.24, 2.45) is 5.92 Å². The summed E-state index contributed by atoms with van der Waals surface area (Å²) in [4.78, 5) is 37.7. The topological polar surface area (TPSA) is 94.5 Å². The lowest BCUT2D eigenvalue weighted by molar-refractivity contribution is 0.0984. The van der Waals surface area contributed by atoms with Crippen molar-refractivity contribution < 1.29 is 14.3 Å². The molecule has 1 fully saturated rings. The van der Waals surface area contributed by atoms with Crippen LogP contribution in [0.3, 0.4) is 0 Å². The summed E-state index contributed by atoms with van der Waals surface area (Å²) in [6.45, 7) is 3.82. The van der Waals surface area contributed by atoms with Gasteiger partial charge in [-0.1, -0.05) is 18.8 Å². The molecule has 3 aliphatic rings. The van der Waals surface area contributed by atoms with Gasteiger partial charge < -0.3 is 19.9 Å². The number of anilines is 2. The summed E-state index contributed by atoms with van der Waals surface area (Å²) in [6.07, 6.45) is 6.73. The number of piperidine rings is 1. The van der Waals surface area contributed by atoms with Crippen molar-refractivity contribution in [1.82, 2.24) is 14.5 Å². The Morgan fingerprint density at radius 1 is 1.15 bits per heavy atom. The molecular weight excluding hydrogens is 497 g/mol. The van der Waals surface area contributed by atoms with Crippen LogP contribution in [0.5, 0.6) is 0 Å². The third kappa shape index (κ3) is 4.74. The van der Waals surface area contributed by atoms with Crippen molar-refractivity contribution in [1.29, 1.82) is 0 Å². The Hall–Kier alpha value is -3.90. The molecule has 1 unspecified atom stereocenters. The fraction of sp³-hybridized carbons (Fsp3) is 0.433. The Bertz CT molecular complexity index is 1540. The van der Waals surface area contributed by atoms with Crippen LogP contribution in [0.25, 0.3) is 0 Å². The van der Waals surface area contributed by atoms with E-state index in [9.17, 15) is 19.1 Å². The second kappa shape index (κ2) is 10.3.